The molecule has 1 N–H and O–H groups in total. The van der Waals surface area contributed by atoms with Crippen LogP contribution in [0.2, 0.25) is 0 Å². The van der Waals surface area contributed by atoms with Gasteiger partial charge in [-0.05, 0) is 43.0 Å². The minimum absolute atomic E-state index is 0.194. The average Bonchev–Trinajstić information content (AvgIpc) is 2.84. The van der Waals surface area contributed by atoms with Crippen molar-refractivity contribution in [1.82, 2.24) is 0 Å². The van der Waals surface area contributed by atoms with Crippen molar-refractivity contribution in [2.75, 3.05) is 13.7 Å². The summed E-state index contributed by atoms with van der Waals surface area (Å²) in [6.45, 7) is 2.77. The van der Waals surface area contributed by atoms with Crippen LogP contribution in [-0.4, -0.2) is 31.0 Å². The van der Waals surface area contributed by atoms with E-state index in [0.717, 1.165) is 41.7 Å². The van der Waals surface area contributed by atoms with Gasteiger partial charge >= 0.3 is 0 Å². The van der Waals surface area contributed by atoms with Crippen LogP contribution in [0.3, 0.4) is 0 Å². The van der Waals surface area contributed by atoms with Gasteiger partial charge in [-0.1, -0.05) is 15.9 Å². The predicted molar refractivity (Wildman–Crippen MR) is 78.8 cm³/mol. The number of halogens is 1. The lowest BCUT2D eigenvalue weighted by Crippen LogP contribution is -2.15. The molecule has 2 atom stereocenters. The lowest BCUT2D eigenvalue weighted by atomic mass is 10.00. The van der Waals surface area contributed by atoms with Gasteiger partial charge in [0.25, 0.3) is 0 Å². The SMILES string of the molecule is COC(C)CCC(O)Cc1cc(Br)cc2c1OCC2. The minimum Gasteiger partial charge on any atom is -0.493 e. The molecule has 0 radical (unpaired) electrons. The summed E-state index contributed by atoms with van der Waals surface area (Å²) in [5.41, 5.74) is 2.33. The van der Waals surface area contributed by atoms with Crippen LogP contribution in [0.15, 0.2) is 16.6 Å². The van der Waals surface area contributed by atoms with E-state index in [2.05, 4.69) is 22.0 Å². The van der Waals surface area contributed by atoms with Crippen LogP contribution in [0.5, 0.6) is 5.75 Å². The number of ether oxygens (including phenoxy) is 2. The van der Waals surface area contributed by atoms with E-state index < -0.39 is 0 Å². The number of methoxy groups -OCH3 is 1. The smallest absolute Gasteiger partial charge is 0.125 e. The first kappa shape index (κ1) is 14.8. The van der Waals surface area contributed by atoms with Crippen LogP contribution < -0.4 is 4.74 Å². The van der Waals surface area contributed by atoms with Gasteiger partial charge in [-0.2, -0.15) is 0 Å². The van der Waals surface area contributed by atoms with Gasteiger partial charge in [0.05, 0.1) is 18.8 Å². The second kappa shape index (κ2) is 6.73. The molecule has 106 valence electrons. The zero-order chi connectivity index (χ0) is 13.8. The number of aliphatic hydroxyl groups excluding tert-OH is 1. The molecule has 0 bridgehead atoms. The summed E-state index contributed by atoms with van der Waals surface area (Å²) in [6, 6.07) is 4.15. The van der Waals surface area contributed by atoms with Crippen molar-refractivity contribution in [2.45, 2.75) is 44.8 Å². The maximum absolute atomic E-state index is 10.1. The van der Waals surface area contributed by atoms with Gasteiger partial charge in [-0.3, -0.25) is 0 Å². The average molecular weight is 329 g/mol. The Morgan fingerprint density at radius 2 is 2.21 bits per heavy atom. The maximum Gasteiger partial charge on any atom is 0.125 e. The van der Waals surface area contributed by atoms with Crippen molar-refractivity contribution in [1.29, 1.82) is 0 Å². The van der Waals surface area contributed by atoms with E-state index >= 15 is 0 Å². The summed E-state index contributed by atoms with van der Waals surface area (Å²) in [5.74, 6) is 0.974. The van der Waals surface area contributed by atoms with Crippen LogP contribution in [0.4, 0.5) is 0 Å². The van der Waals surface area contributed by atoms with Crippen molar-refractivity contribution in [2.24, 2.45) is 0 Å². The Kier molecular flexibility index (Phi) is 5.25. The zero-order valence-corrected chi connectivity index (χ0v) is 13.1. The third kappa shape index (κ3) is 3.94. The van der Waals surface area contributed by atoms with Crippen LogP contribution in [0, 0.1) is 0 Å². The Balaban J connectivity index is 1.99. The van der Waals surface area contributed by atoms with Gasteiger partial charge in [0.1, 0.15) is 5.75 Å². The molecule has 3 nitrogen and oxygen atoms in total. The first-order valence-electron chi connectivity index (χ1n) is 6.75. The molecule has 1 heterocycles. The van der Waals surface area contributed by atoms with Crippen molar-refractivity contribution >= 4 is 15.9 Å². The standard InChI is InChI=1S/C15H21BrO3/c1-10(18-2)3-4-14(17)9-12-8-13(16)7-11-5-6-19-15(11)12/h7-8,10,14,17H,3-6,9H2,1-2H3. The van der Waals surface area contributed by atoms with Gasteiger partial charge in [-0.15, -0.1) is 0 Å². The predicted octanol–water partition coefficient (Wildman–Crippen LogP) is 3.10. The van der Waals surface area contributed by atoms with Crippen molar-refractivity contribution in [3.8, 4) is 5.75 Å². The maximum atomic E-state index is 10.1. The molecule has 1 aromatic rings. The quantitative estimate of drug-likeness (QED) is 0.872. The molecule has 0 saturated heterocycles. The lowest BCUT2D eigenvalue weighted by molar-refractivity contribution is 0.0850. The Morgan fingerprint density at radius 1 is 1.42 bits per heavy atom. The normalized spacial score (nSPS) is 16.8. The summed E-state index contributed by atoms with van der Waals surface area (Å²) >= 11 is 3.52. The molecule has 0 amide bonds. The second-order valence-electron chi connectivity index (χ2n) is 5.13. The lowest BCUT2D eigenvalue weighted by Gasteiger charge is -2.16. The van der Waals surface area contributed by atoms with Crippen LogP contribution >= 0.6 is 15.9 Å². The molecule has 1 aliphatic rings. The Labute approximate surface area is 123 Å². The number of fused-ring (bicyclic) bond motifs is 1. The molecule has 0 aromatic heterocycles. The molecule has 2 unspecified atom stereocenters. The van der Waals surface area contributed by atoms with E-state index in [9.17, 15) is 5.11 Å². The number of hydrogen-bond acceptors (Lipinski definition) is 3. The first-order chi connectivity index (χ1) is 9.10. The van der Waals surface area contributed by atoms with Crippen molar-refractivity contribution < 1.29 is 14.6 Å². The molecule has 19 heavy (non-hydrogen) atoms. The van der Waals surface area contributed by atoms with E-state index in [4.69, 9.17) is 9.47 Å². The fourth-order valence-electron chi connectivity index (χ4n) is 2.40. The second-order valence-corrected chi connectivity index (χ2v) is 6.05. The molecule has 1 aliphatic heterocycles. The molecule has 4 heteroatoms. The van der Waals surface area contributed by atoms with E-state index in [1.165, 1.54) is 5.56 Å². The molecule has 0 fully saturated rings. The monoisotopic (exact) mass is 328 g/mol. The van der Waals surface area contributed by atoms with Crippen LogP contribution in [0.1, 0.15) is 30.9 Å². The molecular formula is C15H21BrO3. The van der Waals surface area contributed by atoms with Gasteiger partial charge in [0.15, 0.2) is 0 Å². The van der Waals surface area contributed by atoms with Gasteiger partial charge in [-0.25, -0.2) is 0 Å². The molecule has 2 rings (SSSR count). The third-order valence-corrected chi connectivity index (χ3v) is 4.05. The van der Waals surface area contributed by atoms with E-state index in [-0.39, 0.29) is 12.2 Å². The Hall–Kier alpha value is -0.580. The number of rotatable bonds is 6. The van der Waals surface area contributed by atoms with Gasteiger partial charge in [0.2, 0.25) is 0 Å². The minimum atomic E-state index is -0.347. The number of hydrogen-bond donors (Lipinski definition) is 1. The molecule has 0 aliphatic carbocycles. The highest BCUT2D eigenvalue weighted by Gasteiger charge is 2.19. The highest BCUT2D eigenvalue weighted by atomic mass is 79.9. The molecule has 1 aromatic carbocycles. The highest BCUT2D eigenvalue weighted by molar-refractivity contribution is 9.10. The topological polar surface area (TPSA) is 38.7 Å². The summed E-state index contributed by atoms with van der Waals surface area (Å²) in [5, 5.41) is 10.1. The zero-order valence-electron chi connectivity index (χ0n) is 11.5. The van der Waals surface area contributed by atoms with E-state index in [1.807, 2.05) is 13.0 Å². The highest BCUT2D eigenvalue weighted by Crippen LogP contribution is 2.34. The van der Waals surface area contributed by atoms with Crippen molar-refractivity contribution in [3.05, 3.63) is 27.7 Å². The fraction of sp³-hybridized carbons (Fsp3) is 0.600. The molecule has 0 saturated carbocycles. The largest absolute Gasteiger partial charge is 0.493 e. The molecular weight excluding hydrogens is 308 g/mol. The Morgan fingerprint density at radius 3 is 2.95 bits per heavy atom. The van der Waals surface area contributed by atoms with E-state index in [1.54, 1.807) is 7.11 Å². The van der Waals surface area contributed by atoms with Crippen molar-refractivity contribution in [3.63, 3.8) is 0 Å². The summed E-state index contributed by atoms with van der Waals surface area (Å²) in [4.78, 5) is 0. The Bertz CT molecular complexity index is 434. The summed E-state index contributed by atoms with van der Waals surface area (Å²) < 4.78 is 11.9. The van der Waals surface area contributed by atoms with Gasteiger partial charge in [0, 0.05) is 24.4 Å². The van der Waals surface area contributed by atoms with E-state index in [0.29, 0.717) is 6.42 Å². The summed E-state index contributed by atoms with van der Waals surface area (Å²) in [6.07, 6.45) is 3.06. The number of benzene rings is 1. The fourth-order valence-corrected chi connectivity index (χ4v) is 2.95. The van der Waals surface area contributed by atoms with Gasteiger partial charge < -0.3 is 14.6 Å². The van der Waals surface area contributed by atoms with Crippen LogP contribution in [-0.2, 0) is 17.6 Å². The van der Waals surface area contributed by atoms with Crippen LogP contribution in [0.25, 0.3) is 0 Å². The summed E-state index contributed by atoms with van der Waals surface area (Å²) in [7, 11) is 1.70. The molecule has 0 spiro atoms. The number of aliphatic hydroxyl groups is 1. The third-order valence-electron chi connectivity index (χ3n) is 3.59. The first-order valence-corrected chi connectivity index (χ1v) is 7.54.